The van der Waals surface area contributed by atoms with Gasteiger partial charge in [0, 0.05) is 44.0 Å². The molecular weight excluding hydrogens is 331 g/mol. The molecule has 0 N–H and O–H groups in total. The highest BCUT2D eigenvalue weighted by Gasteiger charge is 2.22. The molecule has 3 aromatic heterocycles. The van der Waals surface area contributed by atoms with E-state index in [1.165, 1.54) is 12.5 Å². The van der Waals surface area contributed by atoms with Gasteiger partial charge in [-0.2, -0.15) is 0 Å². The molecular formula is C19H23FN6. The van der Waals surface area contributed by atoms with E-state index in [2.05, 4.69) is 64.6 Å². The van der Waals surface area contributed by atoms with Crippen molar-refractivity contribution in [2.24, 2.45) is 0 Å². The molecule has 4 rings (SSSR count). The van der Waals surface area contributed by atoms with E-state index in [0.717, 1.165) is 43.2 Å². The zero-order chi connectivity index (χ0) is 18.3. The van der Waals surface area contributed by atoms with Crippen LogP contribution in [0.4, 0.5) is 15.9 Å². The van der Waals surface area contributed by atoms with E-state index >= 15 is 0 Å². The van der Waals surface area contributed by atoms with Gasteiger partial charge in [0.1, 0.15) is 12.0 Å². The summed E-state index contributed by atoms with van der Waals surface area (Å²) in [7, 11) is 0. The van der Waals surface area contributed by atoms with Crippen molar-refractivity contribution >= 4 is 17.2 Å². The maximum absolute atomic E-state index is 13.9. The van der Waals surface area contributed by atoms with Gasteiger partial charge in [-0.05, 0) is 12.1 Å². The Labute approximate surface area is 152 Å². The number of nitrogens with zero attached hydrogens (tertiary/aromatic N) is 6. The SMILES string of the molecule is CC(C)(C)c1cn2cc(N3CCN(c4ncncc4F)CC3)ccc2n1. The molecule has 26 heavy (non-hydrogen) atoms. The van der Waals surface area contributed by atoms with Crippen LogP contribution in [0.25, 0.3) is 5.65 Å². The topological polar surface area (TPSA) is 49.6 Å². The van der Waals surface area contributed by atoms with Crippen molar-refractivity contribution in [3.63, 3.8) is 0 Å². The number of pyridine rings is 1. The van der Waals surface area contributed by atoms with Crippen molar-refractivity contribution in [2.45, 2.75) is 26.2 Å². The third-order valence-corrected chi connectivity index (χ3v) is 4.80. The van der Waals surface area contributed by atoms with Crippen LogP contribution in [0.3, 0.4) is 0 Å². The highest BCUT2D eigenvalue weighted by molar-refractivity contribution is 5.54. The number of fused-ring (bicyclic) bond motifs is 1. The molecule has 0 spiro atoms. The van der Waals surface area contributed by atoms with E-state index in [9.17, 15) is 4.39 Å². The molecule has 7 heteroatoms. The number of hydrogen-bond acceptors (Lipinski definition) is 5. The van der Waals surface area contributed by atoms with E-state index in [-0.39, 0.29) is 11.2 Å². The Kier molecular flexibility index (Phi) is 4.01. The Hall–Kier alpha value is -2.70. The average Bonchev–Trinajstić information content (AvgIpc) is 3.06. The van der Waals surface area contributed by atoms with Crippen LogP contribution in [0.1, 0.15) is 26.5 Å². The molecule has 136 valence electrons. The van der Waals surface area contributed by atoms with Gasteiger partial charge in [0.15, 0.2) is 11.6 Å². The second-order valence-electron chi connectivity index (χ2n) is 7.70. The van der Waals surface area contributed by atoms with Crippen molar-refractivity contribution in [1.82, 2.24) is 19.4 Å². The number of piperazine rings is 1. The summed E-state index contributed by atoms with van der Waals surface area (Å²) in [6.07, 6.45) is 6.84. The first-order valence-electron chi connectivity index (χ1n) is 8.86. The normalized spacial score (nSPS) is 15.7. The monoisotopic (exact) mass is 354 g/mol. The number of rotatable bonds is 2. The largest absolute Gasteiger partial charge is 0.367 e. The van der Waals surface area contributed by atoms with E-state index < -0.39 is 0 Å². The summed E-state index contributed by atoms with van der Waals surface area (Å²) in [6, 6.07) is 4.16. The maximum atomic E-state index is 13.9. The molecule has 0 radical (unpaired) electrons. The maximum Gasteiger partial charge on any atom is 0.183 e. The lowest BCUT2D eigenvalue weighted by atomic mass is 9.93. The predicted molar refractivity (Wildman–Crippen MR) is 100 cm³/mol. The zero-order valence-corrected chi connectivity index (χ0v) is 15.4. The lowest BCUT2D eigenvalue weighted by molar-refractivity contribution is 0.573. The Morgan fingerprint density at radius 1 is 1.00 bits per heavy atom. The van der Waals surface area contributed by atoms with Crippen molar-refractivity contribution < 1.29 is 4.39 Å². The third-order valence-electron chi connectivity index (χ3n) is 4.80. The highest BCUT2D eigenvalue weighted by atomic mass is 19.1. The molecule has 6 nitrogen and oxygen atoms in total. The molecule has 0 bridgehead atoms. The molecule has 1 aliphatic rings. The molecule has 4 heterocycles. The van der Waals surface area contributed by atoms with Crippen molar-refractivity contribution in [3.8, 4) is 0 Å². The van der Waals surface area contributed by atoms with Crippen LogP contribution >= 0.6 is 0 Å². The first-order chi connectivity index (χ1) is 12.4. The second-order valence-corrected chi connectivity index (χ2v) is 7.70. The van der Waals surface area contributed by atoms with Gasteiger partial charge in [0.05, 0.1) is 17.6 Å². The third kappa shape index (κ3) is 3.09. The van der Waals surface area contributed by atoms with E-state index in [1.54, 1.807) is 0 Å². The fourth-order valence-corrected chi connectivity index (χ4v) is 3.24. The van der Waals surface area contributed by atoms with Crippen molar-refractivity contribution in [2.75, 3.05) is 36.0 Å². The van der Waals surface area contributed by atoms with Crippen LogP contribution in [0.2, 0.25) is 0 Å². The van der Waals surface area contributed by atoms with Gasteiger partial charge in [-0.25, -0.2) is 19.3 Å². The molecule has 0 aromatic carbocycles. The Bertz CT molecular complexity index is 921. The van der Waals surface area contributed by atoms with Gasteiger partial charge in [-0.3, -0.25) is 0 Å². The van der Waals surface area contributed by atoms with Gasteiger partial charge in [0.2, 0.25) is 0 Å². The first kappa shape index (κ1) is 16.8. The van der Waals surface area contributed by atoms with Crippen LogP contribution in [0.15, 0.2) is 37.1 Å². The first-order valence-corrected chi connectivity index (χ1v) is 8.86. The molecule has 0 atom stereocenters. The second kappa shape index (κ2) is 6.23. The standard InChI is InChI=1S/C19H23FN6/c1-19(2,3)16-12-26-11-14(4-5-17(26)23-16)24-6-8-25(9-7-24)18-15(20)10-21-13-22-18/h4-5,10-13H,6-9H2,1-3H3. The zero-order valence-electron chi connectivity index (χ0n) is 15.4. The molecule has 1 aliphatic heterocycles. The Morgan fingerprint density at radius 3 is 2.42 bits per heavy atom. The summed E-state index contributed by atoms with van der Waals surface area (Å²) in [5, 5.41) is 0. The van der Waals surface area contributed by atoms with E-state index in [1.807, 2.05) is 4.90 Å². The van der Waals surface area contributed by atoms with Crippen LogP contribution in [-0.2, 0) is 5.41 Å². The van der Waals surface area contributed by atoms with Crippen molar-refractivity contribution in [1.29, 1.82) is 0 Å². The van der Waals surface area contributed by atoms with Crippen molar-refractivity contribution in [3.05, 3.63) is 48.6 Å². The quantitative estimate of drug-likeness (QED) is 0.708. The minimum Gasteiger partial charge on any atom is -0.367 e. The molecule has 0 unspecified atom stereocenters. The molecule has 0 saturated carbocycles. The summed E-state index contributed by atoms with van der Waals surface area (Å²) in [4.78, 5) is 16.8. The Balaban J connectivity index is 1.51. The lowest BCUT2D eigenvalue weighted by Gasteiger charge is -2.36. The lowest BCUT2D eigenvalue weighted by Crippen LogP contribution is -2.47. The predicted octanol–water partition coefficient (Wildman–Crippen LogP) is 2.89. The fraction of sp³-hybridized carbons (Fsp3) is 0.421. The number of halogens is 1. The van der Waals surface area contributed by atoms with Gasteiger partial charge >= 0.3 is 0 Å². The van der Waals surface area contributed by atoms with Crippen LogP contribution < -0.4 is 9.80 Å². The highest BCUT2D eigenvalue weighted by Crippen LogP contribution is 2.24. The minimum absolute atomic E-state index is 0.0272. The Morgan fingerprint density at radius 2 is 1.73 bits per heavy atom. The smallest absolute Gasteiger partial charge is 0.183 e. The van der Waals surface area contributed by atoms with Gasteiger partial charge in [0.25, 0.3) is 0 Å². The van der Waals surface area contributed by atoms with Gasteiger partial charge in [-0.15, -0.1) is 0 Å². The van der Waals surface area contributed by atoms with E-state index in [4.69, 9.17) is 4.98 Å². The number of hydrogen-bond donors (Lipinski definition) is 0. The summed E-state index contributed by atoms with van der Waals surface area (Å²) >= 11 is 0. The van der Waals surface area contributed by atoms with E-state index in [0.29, 0.717) is 5.82 Å². The minimum atomic E-state index is -0.365. The summed E-state index contributed by atoms with van der Waals surface area (Å²) in [6.45, 7) is 9.58. The van der Waals surface area contributed by atoms with Crippen LogP contribution in [0, 0.1) is 5.82 Å². The number of anilines is 2. The van der Waals surface area contributed by atoms with Gasteiger partial charge in [-0.1, -0.05) is 20.8 Å². The number of imidazole rings is 1. The molecule has 3 aromatic rings. The average molecular weight is 354 g/mol. The van der Waals surface area contributed by atoms with Crippen LogP contribution in [0.5, 0.6) is 0 Å². The van der Waals surface area contributed by atoms with Crippen LogP contribution in [-0.4, -0.2) is 45.5 Å². The summed E-state index contributed by atoms with van der Waals surface area (Å²) in [5.74, 6) is 0.0232. The molecule has 0 aliphatic carbocycles. The summed E-state index contributed by atoms with van der Waals surface area (Å²) in [5.41, 5.74) is 3.22. The number of aromatic nitrogens is 4. The molecule has 1 fully saturated rings. The summed E-state index contributed by atoms with van der Waals surface area (Å²) < 4.78 is 16.0. The van der Waals surface area contributed by atoms with Gasteiger partial charge < -0.3 is 14.2 Å². The molecule has 0 amide bonds. The fourth-order valence-electron chi connectivity index (χ4n) is 3.24. The molecule has 1 saturated heterocycles.